The van der Waals surface area contributed by atoms with Gasteiger partial charge in [0.2, 0.25) is 0 Å². The Morgan fingerprint density at radius 1 is 0.299 bits per heavy atom. The molecule has 10 rings (SSSR count). The second-order valence-electron chi connectivity index (χ2n) is 38.2. The molecule has 0 aliphatic carbocycles. The van der Waals surface area contributed by atoms with E-state index < -0.39 is 174 Å². The fourth-order valence-electron chi connectivity index (χ4n) is 20.2. The minimum atomic E-state index is -3.86. The summed E-state index contributed by atoms with van der Waals surface area (Å²) >= 11 is 0. The van der Waals surface area contributed by atoms with Gasteiger partial charge in [-0.15, -0.1) is 0 Å². The summed E-state index contributed by atoms with van der Waals surface area (Å²) in [6.45, 7) is 17.0. The molecule has 0 saturated carbocycles. The Labute approximate surface area is 810 Å². The van der Waals surface area contributed by atoms with Gasteiger partial charge in [0.15, 0.2) is 0 Å². The van der Waals surface area contributed by atoms with Gasteiger partial charge in [-0.25, -0.2) is 0 Å². The van der Waals surface area contributed by atoms with E-state index in [0.717, 1.165) is 84.2 Å². The monoisotopic (exact) mass is 2060 g/mol. The van der Waals surface area contributed by atoms with Crippen LogP contribution in [-0.2, 0) is 75.0 Å². The maximum Gasteiger partial charge on any atom is 0.451 e. The molecule has 1 unspecified atom stereocenters. The molecule has 10 heterocycles. The summed E-state index contributed by atoms with van der Waals surface area (Å²) in [4.78, 5) is 59.0. The third-order valence-corrected chi connectivity index (χ3v) is 38.3. The van der Waals surface area contributed by atoms with Gasteiger partial charge >= 0.3 is 65.4 Å². The molecule has 60 heteroatoms. The smallest absolute Gasteiger partial charge is 0.451 e. The van der Waals surface area contributed by atoms with Gasteiger partial charge in [0.25, 0.3) is 51.0 Å². The summed E-state index contributed by atoms with van der Waals surface area (Å²) in [5.74, 6) is -9.13. The van der Waals surface area contributed by atoms with Crippen molar-refractivity contribution >= 4 is 116 Å². The van der Waals surface area contributed by atoms with Crippen molar-refractivity contribution in [1.29, 1.82) is 0 Å². The van der Waals surface area contributed by atoms with Crippen molar-refractivity contribution < 1.29 is 142 Å². The molecule has 0 bridgehead atoms. The molecule has 0 spiro atoms. The standard InChI is InChI=1S/3C16H33BN4O6S.C15H31BN4O6S.C14H29BN4O6S/c2*1-2-9-21(14-6-4-8-19-10-14)28(26,27)20-11-13(5-3-7-17(24)25)16(18,12-20)15(22)23;1-2-10-21(14-5-8-19-9-6-14)28(26,27)20-11-13(4-3-7-17(24)25)16(18,12-20)15(22)23;1-2-8-20(13-5-7-18-9-13)27(25,26)19-10-12(4-3-6-16(23)24)15(17,11-19)14(21)22;1-2-19(12-5-7-17-8-12)26(24,25)18-9-11(4-3-6-15(22)23)14(16,10-18)13(20)21/h3*13-14,19,24-25H,2-12,18H2,1H3,(H,22,23);12-13,18,23-24H,2-11,17H2,1H3,(H,21,22);11-12,17,22-23H,2-10,16H2,1H3,(H,20,21)/t13-,14?,16-;13-,14+,16-;13-,16-;12-,13+,15-;11-,12-,14-/m00000/s1. The van der Waals surface area contributed by atoms with Crippen LogP contribution >= 0.6 is 0 Å². The highest BCUT2D eigenvalue weighted by molar-refractivity contribution is 7.88. The highest BCUT2D eigenvalue weighted by Gasteiger charge is 2.60. The number of aliphatic carboxylic acids is 5. The van der Waals surface area contributed by atoms with Gasteiger partial charge in [0.1, 0.15) is 27.7 Å². The fourth-order valence-corrected chi connectivity index (χ4v) is 30.2. The van der Waals surface area contributed by atoms with Crippen molar-refractivity contribution in [3.63, 3.8) is 0 Å². The SMILES string of the molecule is CCCN(C1CCCNC1)S(=O)(=O)N1C[C@H](CCCB(O)O)[C@](N)(C(=O)O)C1.CCCN(C1CCNCC1)S(=O)(=O)N1C[C@H](CCCB(O)O)[C@](N)(C(=O)O)C1.CCCN([C@@H]1CCCNC1)S(=O)(=O)N1C[C@H](CCCB(O)O)[C@](N)(C(=O)O)C1.CCCN([C@@H]1CCNC1)S(=O)(=O)N1C[C@H](CCCB(O)O)[C@](N)(C(=O)O)C1.CCN([C@H]1CCNC1)S(=O)(=O)N1C[C@H](CCCB(O)O)[C@](N)(C(=O)O)C1. The lowest BCUT2D eigenvalue weighted by atomic mass is 9.78. The summed E-state index contributed by atoms with van der Waals surface area (Å²) in [7, 11) is -26.6. The molecule has 137 heavy (non-hydrogen) atoms. The van der Waals surface area contributed by atoms with Gasteiger partial charge in [-0.2, -0.15) is 85.1 Å². The lowest BCUT2D eigenvalue weighted by Crippen LogP contribution is -2.57. The number of hydrogen-bond donors (Lipinski definition) is 25. The number of likely N-dealkylation sites (N-methyl/N-ethyl adjacent to an activating group) is 1. The molecule has 792 valence electrons. The van der Waals surface area contributed by atoms with Crippen molar-refractivity contribution in [1.82, 2.24) is 69.6 Å². The van der Waals surface area contributed by atoms with Crippen LogP contribution in [0, 0.1) is 29.6 Å². The Morgan fingerprint density at radius 3 is 0.679 bits per heavy atom. The number of nitrogens with one attached hydrogen (secondary N) is 5. The molecule has 0 radical (unpaired) electrons. The second kappa shape index (κ2) is 55.1. The van der Waals surface area contributed by atoms with Crippen LogP contribution in [0.5, 0.6) is 0 Å². The summed E-state index contributed by atoms with van der Waals surface area (Å²) in [6.07, 6.45) is 12.6. The zero-order valence-corrected chi connectivity index (χ0v) is 84.2. The molecule has 0 amide bonds. The van der Waals surface area contributed by atoms with E-state index in [1.165, 1.54) is 43.1 Å². The molecule has 10 saturated heterocycles. The molecule has 0 aromatic carbocycles. The van der Waals surface area contributed by atoms with Crippen LogP contribution < -0.4 is 55.3 Å². The van der Waals surface area contributed by atoms with Crippen molar-refractivity contribution in [2.45, 2.75) is 265 Å². The van der Waals surface area contributed by atoms with Crippen LogP contribution in [-0.4, -0.2) is 448 Å². The maximum absolute atomic E-state index is 13.4. The van der Waals surface area contributed by atoms with E-state index >= 15 is 0 Å². The zero-order chi connectivity index (χ0) is 103. The molecular weight excluding hydrogens is 1900 g/mol. The maximum atomic E-state index is 13.4. The molecule has 0 aromatic rings. The predicted octanol–water partition coefficient (Wildman–Crippen LogP) is -7.86. The first-order chi connectivity index (χ1) is 64.1. The quantitative estimate of drug-likeness (QED) is 0.0252. The summed E-state index contributed by atoms with van der Waals surface area (Å²) < 4.78 is 146. The first-order valence-electron chi connectivity index (χ1n) is 48.4. The molecule has 0 aromatic heterocycles. The summed E-state index contributed by atoms with van der Waals surface area (Å²) in [5.41, 5.74) is 22.2. The Hall–Kier alpha value is -3.78. The van der Waals surface area contributed by atoms with Gasteiger partial charge < -0.3 is 131 Å². The lowest BCUT2D eigenvalue weighted by molar-refractivity contribution is -0.145. The average Bonchev–Trinajstić information content (AvgIpc) is 1.63. The van der Waals surface area contributed by atoms with Gasteiger partial charge in [-0.1, -0.05) is 66.7 Å². The van der Waals surface area contributed by atoms with Crippen molar-refractivity contribution in [2.75, 3.05) is 164 Å². The Morgan fingerprint density at radius 2 is 0.489 bits per heavy atom. The number of rotatable bonds is 49. The van der Waals surface area contributed by atoms with E-state index in [2.05, 4.69) is 26.6 Å². The van der Waals surface area contributed by atoms with E-state index in [1.807, 2.05) is 27.7 Å². The Kier molecular flexibility index (Phi) is 49.1. The van der Waals surface area contributed by atoms with Crippen LogP contribution in [0.15, 0.2) is 0 Å². The van der Waals surface area contributed by atoms with Crippen LogP contribution in [0.3, 0.4) is 0 Å². The predicted molar refractivity (Wildman–Crippen MR) is 514 cm³/mol. The number of carbonyl (C=O) groups is 5. The molecule has 50 nitrogen and oxygen atoms in total. The lowest BCUT2D eigenvalue weighted by Gasteiger charge is -2.36. The third-order valence-electron chi connectivity index (χ3n) is 28.2. The normalized spacial score (nSPS) is 29.1. The second-order valence-corrected chi connectivity index (χ2v) is 47.6. The topological polar surface area (TPSA) is 782 Å². The van der Waals surface area contributed by atoms with E-state index in [9.17, 15) is 91.6 Å². The zero-order valence-electron chi connectivity index (χ0n) is 80.2. The number of hydrogen-bond acceptors (Lipinski definition) is 35. The molecule has 10 aliphatic heterocycles. The first kappa shape index (κ1) is 122. The molecule has 14 atom stereocenters. The molecular formula is C77H159B5N20O30S5. The van der Waals surface area contributed by atoms with E-state index in [0.29, 0.717) is 155 Å². The highest BCUT2D eigenvalue weighted by atomic mass is 32.2. The van der Waals surface area contributed by atoms with Crippen molar-refractivity contribution in [2.24, 2.45) is 58.3 Å². The number of piperidine rings is 3. The average molecular weight is 2060 g/mol. The molecule has 30 N–H and O–H groups in total. The van der Waals surface area contributed by atoms with Gasteiger partial charge in [0.05, 0.1) is 0 Å². The van der Waals surface area contributed by atoms with Crippen molar-refractivity contribution in [3.8, 4) is 0 Å². The van der Waals surface area contributed by atoms with Gasteiger partial charge in [0, 0.05) is 184 Å². The van der Waals surface area contributed by atoms with Crippen LogP contribution in [0.2, 0.25) is 31.6 Å². The van der Waals surface area contributed by atoms with E-state index in [1.54, 1.807) is 6.92 Å². The number of carboxylic acid groups (broad SMARTS) is 5. The third kappa shape index (κ3) is 32.4. The highest BCUT2D eigenvalue weighted by Crippen LogP contribution is 2.41. The van der Waals surface area contributed by atoms with Crippen LogP contribution in [0.1, 0.15) is 176 Å². The summed E-state index contributed by atoms with van der Waals surface area (Å²) in [5, 5.41) is 154. The summed E-state index contributed by atoms with van der Waals surface area (Å²) in [6, 6.07) is -0.702. The van der Waals surface area contributed by atoms with Crippen molar-refractivity contribution in [3.05, 3.63) is 0 Å². The number of carboxylic acids is 5. The largest absolute Gasteiger partial charge is 0.480 e. The van der Waals surface area contributed by atoms with Crippen LogP contribution in [0.4, 0.5) is 0 Å². The number of nitrogens with zero attached hydrogens (tertiary/aromatic N) is 10. The number of nitrogens with two attached hydrogens (primary N) is 5. The van der Waals surface area contributed by atoms with Crippen LogP contribution in [0.25, 0.3) is 0 Å². The minimum Gasteiger partial charge on any atom is -0.480 e. The van der Waals surface area contributed by atoms with Gasteiger partial charge in [-0.3, -0.25) is 24.0 Å². The van der Waals surface area contributed by atoms with Gasteiger partial charge in [-0.05, 0) is 180 Å². The van der Waals surface area contributed by atoms with E-state index in [4.69, 9.17) is 78.9 Å². The Bertz CT molecular complexity index is 4090. The first-order valence-corrected chi connectivity index (χ1v) is 55.4. The molecule has 10 aliphatic rings. The fraction of sp³-hybridized carbons (Fsp3) is 0.935. The Balaban J connectivity index is 0.000000263. The minimum absolute atomic E-state index is 0.0172. The van der Waals surface area contributed by atoms with E-state index in [-0.39, 0.29) is 127 Å². The molecule has 10 fully saturated rings.